The number of hydrogen-bond donors (Lipinski definition) is 0. The fourth-order valence-electron chi connectivity index (χ4n) is 2.23. The molecular formula is C13H15Cl2N3O2S. The second-order valence-electron chi connectivity index (χ2n) is 4.82. The fraction of sp³-hybridized carbons (Fsp3) is 0.462. The van der Waals surface area contributed by atoms with Gasteiger partial charge in [0.2, 0.25) is 10.0 Å². The van der Waals surface area contributed by atoms with Crippen LogP contribution in [0.5, 0.6) is 0 Å². The molecule has 0 radical (unpaired) electrons. The summed E-state index contributed by atoms with van der Waals surface area (Å²) in [5.41, 5.74) is 0. The number of benzene rings is 1. The zero-order chi connectivity index (χ0) is 15.6. The maximum atomic E-state index is 12.6. The Balaban J connectivity index is 2.19. The van der Waals surface area contributed by atoms with E-state index < -0.39 is 10.0 Å². The molecule has 1 aliphatic rings. The van der Waals surface area contributed by atoms with Crippen molar-refractivity contribution in [2.75, 3.05) is 26.2 Å². The van der Waals surface area contributed by atoms with Gasteiger partial charge in [0.1, 0.15) is 4.90 Å². The average molecular weight is 348 g/mol. The molecule has 0 amide bonds. The van der Waals surface area contributed by atoms with Crippen molar-refractivity contribution in [3.8, 4) is 6.07 Å². The van der Waals surface area contributed by atoms with Crippen LogP contribution in [0.15, 0.2) is 23.1 Å². The van der Waals surface area contributed by atoms with Gasteiger partial charge in [-0.3, -0.25) is 4.90 Å². The van der Waals surface area contributed by atoms with Crippen molar-refractivity contribution in [2.45, 2.75) is 17.9 Å². The van der Waals surface area contributed by atoms with Crippen molar-refractivity contribution in [1.82, 2.24) is 9.21 Å². The number of hydrogen-bond acceptors (Lipinski definition) is 4. The summed E-state index contributed by atoms with van der Waals surface area (Å²) in [4.78, 5) is 1.98. The molecule has 0 spiro atoms. The highest BCUT2D eigenvalue weighted by atomic mass is 35.5. The lowest BCUT2D eigenvalue weighted by atomic mass is 10.2. The van der Waals surface area contributed by atoms with Crippen LogP contribution in [-0.4, -0.2) is 49.8 Å². The first-order valence-corrected chi connectivity index (χ1v) is 8.64. The Bertz CT molecular complexity index is 664. The summed E-state index contributed by atoms with van der Waals surface area (Å²) in [6, 6.07) is 6.33. The van der Waals surface area contributed by atoms with Crippen molar-refractivity contribution in [3.05, 3.63) is 28.2 Å². The number of halogens is 2. The molecule has 0 saturated carbocycles. The van der Waals surface area contributed by atoms with Crippen molar-refractivity contribution in [1.29, 1.82) is 5.26 Å². The maximum absolute atomic E-state index is 12.6. The maximum Gasteiger partial charge on any atom is 0.244 e. The first kappa shape index (κ1) is 16.5. The van der Waals surface area contributed by atoms with Gasteiger partial charge in [-0.1, -0.05) is 23.2 Å². The topological polar surface area (TPSA) is 64.4 Å². The zero-order valence-electron chi connectivity index (χ0n) is 11.5. The van der Waals surface area contributed by atoms with Crippen LogP contribution in [0.1, 0.15) is 6.92 Å². The highest BCUT2D eigenvalue weighted by molar-refractivity contribution is 7.89. The van der Waals surface area contributed by atoms with E-state index in [2.05, 4.69) is 6.07 Å². The summed E-state index contributed by atoms with van der Waals surface area (Å²) >= 11 is 11.8. The largest absolute Gasteiger partial charge is 0.286 e. The second-order valence-corrected chi connectivity index (χ2v) is 7.57. The SMILES string of the molecule is CC(C#N)N1CCN(S(=O)(=O)c2cc(Cl)ccc2Cl)CC1. The van der Waals surface area contributed by atoms with Crippen LogP contribution in [0, 0.1) is 11.3 Å². The first-order chi connectivity index (χ1) is 9.86. The predicted molar refractivity (Wildman–Crippen MR) is 81.9 cm³/mol. The summed E-state index contributed by atoms with van der Waals surface area (Å²) in [6.45, 7) is 3.50. The summed E-state index contributed by atoms with van der Waals surface area (Å²) in [7, 11) is -3.66. The second kappa shape index (κ2) is 6.51. The Kier molecular flexibility index (Phi) is 5.12. The van der Waals surface area contributed by atoms with Crippen molar-refractivity contribution >= 4 is 33.2 Å². The molecule has 1 unspecified atom stereocenters. The predicted octanol–water partition coefficient (Wildman–Crippen LogP) is 2.21. The van der Waals surface area contributed by atoms with E-state index in [9.17, 15) is 8.42 Å². The van der Waals surface area contributed by atoms with Gasteiger partial charge in [-0.15, -0.1) is 0 Å². The van der Waals surface area contributed by atoms with E-state index in [1.807, 2.05) is 4.90 Å². The standard InChI is InChI=1S/C13H15Cl2N3O2S/c1-10(9-16)17-4-6-18(7-5-17)21(19,20)13-8-11(14)2-3-12(13)15/h2-3,8,10H,4-7H2,1H3. The fourth-order valence-corrected chi connectivity index (χ4v) is 4.39. The summed E-state index contributed by atoms with van der Waals surface area (Å²) in [5, 5.41) is 9.39. The van der Waals surface area contributed by atoms with Gasteiger partial charge in [-0.2, -0.15) is 9.57 Å². The van der Waals surface area contributed by atoms with E-state index in [-0.39, 0.29) is 16.0 Å². The first-order valence-electron chi connectivity index (χ1n) is 6.45. The molecule has 1 heterocycles. The number of nitriles is 1. The summed E-state index contributed by atoms with van der Waals surface area (Å²) < 4.78 is 26.6. The van der Waals surface area contributed by atoms with Crippen LogP contribution in [-0.2, 0) is 10.0 Å². The van der Waals surface area contributed by atoms with Crippen LogP contribution >= 0.6 is 23.2 Å². The molecule has 8 heteroatoms. The number of rotatable bonds is 3. The highest BCUT2D eigenvalue weighted by Crippen LogP contribution is 2.28. The van der Waals surface area contributed by atoms with Crippen LogP contribution in [0.25, 0.3) is 0 Å². The van der Waals surface area contributed by atoms with Crippen LogP contribution < -0.4 is 0 Å². The minimum atomic E-state index is -3.66. The molecule has 0 aliphatic carbocycles. The monoisotopic (exact) mass is 347 g/mol. The molecule has 2 rings (SSSR count). The quantitative estimate of drug-likeness (QED) is 0.840. The highest BCUT2D eigenvalue weighted by Gasteiger charge is 2.31. The molecule has 21 heavy (non-hydrogen) atoms. The van der Waals surface area contributed by atoms with Crippen LogP contribution in [0.4, 0.5) is 0 Å². The molecule has 0 N–H and O–H groups in total. The third-order valence-electron chi connectivity index (χ3n) is 3.52. The van der Waals surface area contributed by atoms with Gasteiger partial charge in [0, 0.05) is 31.2 Å². The number of nitrogens with zero attached hydrogens (tertiary/aromatic N) is 3. The average Bonchev–Trinajstić information content (AvgIpc) is 2.49. The zero-order valence-corrected chi connectivity index (χ0v) is 13.8. The van der Waals surface area contributed by atoms with Gasteiger partial charge in [-0.25, -0.2) is 8.42 Å². The van der Waals surface area contributed by atoms with E-state index in [1.54, 1.807) is 13.0 Å². The van der Waals surface area contributed by atoms with Gasteiger partial charge in [0.05, 0.1) is 17.1 Å². The molecule has 1 aromatic rings. The van der Waals surface area contributed by atoms with Crippen LogP contribution in [0.2, 0.25) is 10.0 Å². The van der Waals surface area contributed by atoms with E-state index >= 15 is 0 Å². The Morgan fingerprint density at radius 2 is 1.86 bits per heavy atom. The van der Waals surface area contributed by atoms with Gasteiger partial charge in [-0.05, 0) is 25.1 Å². The smallest absolute Gasteiger partial charge is 0.244 e. The molecule has 1 aliphatic heterocycles. The third-order valence-corrected chi connectivity index (χ3v) is 6.13. The summed E-state index contributed by atoms with van der Waals surface area (Å²) in [6.07, 6.45) is 0. The summed E-state index contributed by atoms with van der Waals surface area (Å²) in [5.74, 6) is 0. The van der Waals surface area contributed by atoms with E-state index in [4.69, 9.17) is 28.5 Å². The van der Waals surface area contributed by atoms with Gasteiger partial charge < -0.3 is 0 Å². The molecule has 1 saturated heterocycles. The molecule has 5 nitrogen and oxygen atoms in total. The number of piperazine rings is 1. The Labute approximate surface area is 134 Å². The lowest BCUT2D eigenvalue weighted by Crippen LogP contribution is -2.50. The van der Waals surface area contributed by atoms with Gasteiger partial charge in [0.15, 0.2) is 0 Å². The van der Waals surface area contributed by atoms with E-state index in [0.29, 0.717) is 31.2 Å². The Morgan fingerprint density at radius 1 is 1.24 bits per heavy atom. The Hall–Kier alpha value is -0.840. The number of sulfonamides is 1. The van der Waals surface area contributed by atoms with E-state index in [0.717, 1.165) is 0 Å². The molecule has 0 aromatic heterocycles. The van der Waals surface area contributed by atoms with E-state index in [1.165, 1.54) is 16.4 Å². The normalized spacial score (nSPS) is 19.1. The molecular weight excluding hydrogens is 333 g/mol. The van der Waals surface area contributed by atoms with Crippen molar-refractivity contribution < 1.29 is 8.42 Å². The van der Waals surface area contributed by atoms with Gasteiger partial charge in [0.25, 0.3) is 0 Å². The third kappa shape index (κ3) is 3.50. The minimum Gasteiger partial charge on any atom is -0.286 e. The molecule has 0 bridgehead atoms. The molecule has 1 fully saturated rings. The molecule has 1 aromatic carbocycles. The lowest BCUT2D eigenvalue weighted by Gasteiger charge is -2.35. The minimum absolute atomic E-state index is 0.0263. The lowest BCUT2D eigenvalue weighted by molar-refractivity contribution is 0.169. The molecule has 1 atom stereocenters. The Morgan fingerprint density at radius 3 is 2.43 bits per heavy atom. The van der Waals surface area contributed by atoms with Crippen molar-refractivity contribution in [2.24, 2.45) is 0 Å². The van der Waals surface area contributed by atoms with Gasteiger partial charge >= 0.3 is 0 Å². The molecule has 114 valence electrons. The van der Waals surface area contributed by atoms with Crippen LogP contribution in [0.3, 0.4) is 0 Å². The van der Waals surface area contributed by atoms with Crippen molar-refractivity contribution in [3.63, 3.8) is 0 Å².